The first-order valence-electron chi connectivity index (χ1n) is 11.4. The second-order valence-electron chi connectivity index (χ2n) is 9.22. The number of nitrogens with zero attached hydrogens (tertiary/aromatic N) is 1. The van der Waals surface area contributed by atoms with Gasteiger partial charge < -0.3 is 20.1 Å². The molecule has 0 bridgehead atoms. The molecule has 0 radical (unpaired) electrons. The van der Waals surface area contributed by atoms with Crippen molar-refractivity contribution in [2.24, 2.45) is 0 Å². The fourth-order valence-corrected chi connectivity index (χ4v) is 5.13. The molecule has 2 aromatic rings. The van der Waals surface area contributed by atoms with Crippen molar-refractivity contribution < 1.29 is 24.2 Å². The molecule has 2 aliphatic rings. The van der Waals surface area contributed by atoms with Crippen molar-refractivity contribution in [1.82, 2.24) is 10.2 Å². The predicted molar refractivity (Wildman–Crippen MR) is 124 cm³/mol. The van der Waals surface area contributed by atoms with E-state index in [1.165, 1.54) is 0 Å². The molecule has 2 amide bonds. The van der Waals surface area contributed by atoms with Gasteiger partial charge in [-0.2, -0.15) is 0 Å². The number of fused-ring (bicyclic) bond motifs is 3. The third kappa shape index (κ3) is 4.58. The minimum Gasteiger partial charge on any atom is -0.481 e. The third-order valence-corrected chi connectivity index (χ3v) is 7.13. The molecule has 0 heterocycles. The van der Waals surface area contributed by atoms with Crippen LogP contribution in [0.4, 0.5) is 4.79 Å². The minimum absolute atomic E-state index is 0.0986. The van der Waals surface area contributed by atoms with E-state index in [1.807, 2.05) is 43.3 Å². The van der Waals surface area contributed by atoms with Gasteiger partial charge in [0.25, 0.3) is 0 Å². The first-order chi connectivity index (χ1) is 15.8. The molecule has 0 saturated heterocycles. The number of amides is 2. The molecule has 2 aliphatic carbocycles. The molecule has 7 heteroatoms. The number of alkyl carbamates (subject to hydrolysis) is 1. The van der Waals surface area contributed by atoms with E-state index in [4.69, 9.17) is 4.74 Å². The predicted octanol–water partition coefficient (Wildman–Crippen LogP) is 4.16. The number of hydrogen-bond donors (Lipinski definition) is 2. The Kier molecular flexibility index (Phi) is 6.40. The number of carboxylic acid groups (broad SMARTS) is 1. The number of ether oxygens (including phenoxy) is 1. The summed E-state index contributed by atoms with van der Waals surface area (Å²) in [6.07, 6.45) is 2.49. The van der Waals surface area contributed by atoms with E-state index in [0.29, 0.717) is 0 Å². The summed E-state index contributed by atoms with van der Waals surface area (Å²) < 4.78 is 5.52. The number of carboxylic acids is 1. The van der Waals surface area contributed by atoms with Crippen molar-refractivity contribution in [3.63, 3.8) is 0 Å². The lowest BCUT2D eigenvalue weighted by Crippen LogP contribution is -2.54. The van der Waals surface area contributed by atoms with Crippen LogP contribution in [0.5, 0.6) is 0 Å². The van der Waals surface area contributed by atoms with Gasteiger partial charge in [0.1, 0.15) is 12.6 Å². The van der Waals surface area contributed by atoms with Crippen LogP contribution < -0.4 is 5.32 Å². The molecule has 0 spiro atoms. The highest BCUT2D eigenvalue weighted by Crippen LogP contribution is 2.44. The smallest absolute Gasteiger partial charge is 0.407 e. The summed E-state index contributed by atoms with van der Waals surface area (Å²) in [6, 6.07) is 14.8. The van der Waals surface area contributed by atoms with Gasteiger partial charge in [0.05, 0.1) is 6.42 Å². The molecule has 2 aromatic carbocycles. The summed E-state index contributed by atoms with van der Waals surface area (Å²) in [5.41, 5.74) is 4.08. The molecule has 2 N–H and O–H groups in total. The molecule has 1 saturated carbocycles. The Labute approximate surface area is 193 Å². The molecule has 0 aromatic heterocycles. The van der Waals surface area contributed by atoms with Crippen LogP contribution >= 0.6 is 0 Å². The summed E-state index contributed by atoms with van der Waals surface area (Å²) in [6.45, 7) is 2.10. The number of rotatable bonds is 7. The first-order valence-corrected chi connectivity index (χ1v) is 11.4. The minimum atomic E-state index is -1.18. The fourth-order valence-electron chi connectivity index (χ4n) is 5.13. The van der Waals surface area contributed by atoms with Gasteiger partial charge in [-0.15, -0.1) is 0 Å². The SMILES string of the molecule is CN(C(=O)C(CC(=O)O)NC(=O)OCC1c2ccccc2-c2ccccc21)C1(C)CCCC1. The summed E-state index contributed by atoms with van der Waals surface area (Å²) in [4.78, 5) is 38.7. The highest BCUT2D eigenvalue weighted by Gasteiger charge is 2.39. The van der Waals surface area contributed by atoms with E-state index in [0.717, 1.165) is 47.9 Å². The standard InChI is InChI=1S/C26H30N2O5/c1-26(13-7-8-14-26)28(2)24(31)22(15-23(29)30)27-25(32)33-16-21-19-11-5-3-9-17(19)18-10-4-6-12-20(18)21/h3-6,9-12,21-22H,7-8,13-16H2,1-2H3,(H,27,32)(H,29,30). The molecule has 7 nitrogen and oxygen atoms in total. The first kappa shape index (κ1) is 22.8. The molecule has 4 rings (SSSR count). The number of carbonyl (C=O) groups excluding carboxylic acids is 2. The van der Waals surface area contributed by atoms with Crippen LogP contribution in [0.1, 0.15) is 56.1 Å². The number of aliphatic carboxylic acids is 1. The van der Waals surface area contributed by atoms with E-state index in [1.54, 1.807) is 11.9 Å². The maximum Gasteiger partial charge on any atom is 0.407 e. The van der Waals surface area contributed by atoms with Crippen LogP contribution in [-0.4, -0.2) is 53.2 Å². The number of hydrogen-bond acceptors (Lipinski definition) is 4. The monoisotopic (exact) mass is 450 g/mol. The van der Waals surface area contributed by atoms with Crippen LogP contribution in [0.25, 0.3) is 11.1 Å². The van der Waals surface area contributed by atoms with E-state index in [2.05, 4.69) is 17.4 Å². The number of carbonyl (C=O) groups is 3. The number of likely N-dealkylation sites (N-methyl/N-ethyl adjacent to an activating group) is 1. The second kappa shape index (κ2) is 9.25. The highest BCUT2D eigenvalue weighted by molar-refractivity contribution is 5.89. The van der Waals surface area contributed by atoms with E-state index in [-0.39, 0.29) is 18.1 Å². The zero-order valence-electron chi connectivity index (χ0n) is 19.0. The quantitative estimate of drug-likeness (QED) is 0.660. The average Bonchev–Trinajstić information content (AvgIpc) is 3.38. The molecular formula is C26H30N2O5. The Balaban J connectivity index is 1.44. The van der Waals surface area contributed by atoms with Crippen LogP contribution in [0.15, 0.2) is 48.5 Å². The zero-order chi connectivity index (χ0) is 23.6. The zero-order valence-corrected chi connectivity index (χ0v) is 19.0. The van der Waals surface area contributed by atoms with Crippen molar-refractivity contribution in [2.75, 3.05) is 13.7 Å². The molecule has 1 fully saturated rings. The molecular weight excluding hydrogens is 420 g/mol. The van der Waals surface area contributed by atoms with Crippen molar-refractivity contribution in [2.45, 2.75) is 56.5 Å². The fraction of sp³-hybridized carbons (Fsp3) is 0.423. The largest absolute Gasteiger partial charge is 0.481 e. The molecule has 1 unspecified atom stereocenters. The maximum atomic E-state index is 13.1. The molecule has 0 aliphatic heterocycles. The number of benzene rings is 2. The van der Waals surface area contributed by atoms with Crippen molar-refractivity contribution in [3.8, 4) is 11.1 Å². The Morgan fingerprint density at radius 2 is 1.61 bits per heavy atom. The lowest BCUT2D eigenvalue weighted by molar-refractivity contribution is -0.144. The summed E-state index contributed by atoms with van der Waals surface area (Å²) in [5, 5.41) is 11.8. The lowest BCUT2D eigenvalue weighted by Gasteiger charge is -2.37. The van der Waals surface area contributed by atoms with Crippen molar-refractivity contribution in [1.29, 1.82) is 0 Å². The van der Waals surface area contributed by atoms with Gasteiger partial charge >= 0.3 is 12.1 Å². The average molecular weight is 451 g/mol. The Morgan fingerprint density at radius 1 is 1.06 bits per heavy atom. The van der Waals surface area contributed by atoms with Crippen LogP contribution in [0.2, 0.25) is 0 Å². The van der Waals surface area contributed by atoms with Gasteiger partial charge in [-0.1, -0.05) is 61.4 Å². The van der Waals surface area contributed by atoms with E-state index in [9.17, 15) is 19.5 Å². The van der Waals surface area contributed by atoms with E-state index >= 15 is 0 Å². The Hall–Kier alpha value is -3.35. The summed E-state index contributed by atoms with van der Waals surface area (Å²) in [5.74, 6) is -1.68. The lowest BCUT2D eigenvalue weighted by atomic mass is 9.97. The van der Waals surface area contributed by atoms with Gasteiger partial charge in [-0.05, 0) is 42.0 Å². The van der Waals surface area contributed by atoms with E-state index < -0.39 is 30.4 Å². The third-order valence-electron chi connectivity index (χ3n) is 7.13. The van der Waals surface area contributed by atoms with Gasteiger partial charge in [-0.3, -0.25) is 9.59 Å². The maximum absolute atomic E-state index is 13.1. The topological polar surface area (TPSA) is 95.9 Å². The normalized spacial score (nSPS) is 17.0. The molecule has 33 heavy (non-hydrogen) atoms. The van der Waals surface area contributed by atoms with Crippen molar-refractivity contribution >= 4 is 18.0 Å². The Bertz CT molecular complexity index is 1010. The van der Waals surface area contributed by atoms with Gasteiger partial charge in [0.15, 0.2) is 0 Å². The molecule has 1 atom stereocenters. The second-order valence-corrected chi connectivity index (χ2v) is 9.22. The van der Waals surface area contributed by atoms with Gasteiger partial charge in [0, 0.05) is 18.5 Å². The van der Waals surface area contributed by atoms with Crippen molar-refractivity contribution in [3.05, 3.63) is 59.7 Å². The van der Waals surface area contributed by atoms with Gasteiger partial charge in [-0.25, -0.2) is 4.79 Å². The summed E-state index contributed by atoms with van der Waals surface area (Å²) >= 11 is 0. The highest BCUT2D eigenvalue weighted by atomic mass is 16.5. The Morgan fingerprint density at radius 3 is 2.15 bits per heavy atom. The number of nitrogens with one attached hydrogen (secondary N) is 1. The van der Waals surface area contributed by atoms with Crippen LogP contribution in [-0.2, 0) is 14.3 Å². The summed E-state index contributed by atoms with van der Waals surface area (Å²) in [7, 11) is 1.68. The van der Waals surface area contributed by atoms with Crippen LogP contribution in [0, 0.1) is 0 Å². The van der Waals surface area contributed by atoms with Crippen LogP contribution in [0.3, 0.4) is 0 Å². The van der Waals surface area contributed by atoms with Gasteiger partial charge in [0.2, 0.25) is 5.91 Å². The molecule has 174 valence electrons.